The Morgan fingerprint density at radius 2 is 2.08 bits per heavy atom. The molecule has 1 saturated carbocycles. The maximum Gasteiger partial charge on any atom is 0.121 e. The molecule has 0 unspecified atom stereocenters. The fraction of sp³-hybridized carbons (Fsp3) is 0.696. The number of hydrogen-bond donors (Lipinski definition) is 1. The minimum absolute atomic E-state index is 0.308. The van der Waals surface area contributed by atoms with Crippen LogP contribution >= 0.6 is 0 Å². The van der Waals surface area contributed by atoms with E-state index in [1.165, 1.54) is 37.7 Å². The van der Waals surface area contributed by atoms with Gasteiger partial charge in [-0.15, -0.1) is 0 Å². The van der Waals surface area contributed by atoms with Crippen LogP contribution in [-0.2, 0) is 16.6 Å². The van der Waals surface area contributed by atoms with Gasteiger partial charge in [-0.25, -0.2) is 0 Å². The second-order valence-corrected chi connectivity index (χ2v) is 9.22. The fourth-order valence-corrected chi connectivity index (χ4v) is 5.75. The first-order chi connectivity index (χ1) is 11.9. The quantitative estimate of drug-likeness (QED) is 0.583. The van der Waals surface area contributed by atoms with Crippen molar-refractivity contribution in [1.29, 1.82) is 0 Å². The summed E-state index contributed by atoms with van der Waals surface area (Å²) in [5.74, 6) is 1.34. The number of rotatable bonds is 6. The van der Waals surface area contributed by atoms with Gasteiger partial charge in [-0.2, -0.15) is 0 Å². The Balaban J connectivity index is 1.86. The predicted molar refractivity (Wildman–Crippen MR) is 105 cm³/mol. The molecule has 0 aliphatic heterocycles. The summed E-state index contributed by atoms with van der Waals surface area (Å²) >= 11 is 0. The zero-order valence-corrected chi connectivity index (χ0v) is 16.5. The van der Waals surface area contributed by atoms with Crippen LogP contribution < -0.4 is 5.32 Å². The van der Waals surface area contributed by atoms with Crippen molar-refractivity contribution < 1.29 is 4.79 Å². The first-order valence-electron chi connectivity index (χ1n) is 10.2. The molecule has 1 fully saturated rings. The summed E-state index contributed by atoms with van der Waals surface area (Å²) in [6.07, 6.45) is 8.10. The molecule has 0 spiro atoms. The molecule has 0 radical (unpaired) electrons. The van der Waals surface area contributed by atoms with E-state index in [-0.39, 0.29) is 0 Å². The van der Waals surface area contributed by atoms with Gasteiger partial charge in [0.25, 0.3) is 0 Å². The monoisotopic (exact) mass is 341 g/mol. The first kappa shape index (κ1) is 18.6. The molecule has 1 N–H and O–H groups in total. The van der Waals surface area contributed by atoms with Gasteiger partial charge in [0.15, 0.2) is 0 Å². The molecule has 0 heterocycles. The summed E-state index contributed by atoms with van der Waals surface area (Å²) in [6.45, 7) is 11.4. The zero-order valence-electron chi connectivity index (χ0n) is 16.5. The summed E-state index contributed by atoms with van der Waals surface area (Å²) in [6, 6.07) is 7.30. The number of carbonyl (C=O) groups excluding carboxylic acids is 1. The normalized spacial score (nSPS) is 31.5. The minimum Gasteiger partial charge on any atom is -0.316 e. The Labute approximate surface area is 153 Å². The van der Waals surface area contributed by atoms with Crippen molar-refractivity contribution in [2.45, 2.75) is 77.6 Å². The molecule has 0 aromatic heterocycles. The Morgan fingerprint density at radius 1 is 1.28 bits per heavy atom. The van der Waals surface area contributed by atoms with Gasteiger partial charge >= 0.3 is 0 Å². The van der Waals surface area contributed by atoms with Crippen LogP contribution in [0.25, 0.3) is 0 Å². The van der Waals surface area contributed by atoms with Crippen LogP contribution in [0.5, 0.6) is 0 Å². The average molecular weight is 342 g/mol. The summed E-state index contributed by atoms with van der Waals surface area (Å²) < 4.78 is 0. The lowest BCUT2D eigenvalue weighted by atomic mass is 9.49. The summed E-state index contributed by atoms with van der Waals surface area (Å²) in [5, 5.41) is 3.56. The van der Waals surface area contributed by atoms with Gasteiger partial charge in [0.1, 0.15) is 6.29 Å². The van der Waals surface area contributed by atoms with Gasteiger partial charge < -0.3 is 10.1 Å². The number of carbonyl (C=O) groups is 1. The SMILES string of the molecule is CC(C)c1ccc2c(c1)CC[C@H]1[C@](C)(CNCCC=O)CCC[C@]21C. The third-order valence-electron chi connectivity index (χ3n) is 7.14. The van der Waals surface area contributed by atoms with Crippen molar-refractivity contribution in [2.24, 2.45) is 11.3 Å². The molecular formula is C23H35NO. The lowest BCUT2D eigenvalue weighted by molar-refractivity contribution is -0.107. The van der Waals surface area contributed by atoms with Gasteiger partial charge in [-0.05, 0) is 65.0 Å². The van der Waals surface area contributed by atoms with E-state index in [1.807, 2.05) is 0 Å². The van der Waals surface area contributed by atoms with Crippen LogP contribution in [0.15, 0.2) is 18.2 Å². The molecule has 0 amide bonds. The van der Waals surface area contributed by atoms with Crippen LogP contribution in [0.1, 0.15) is 82.4 Å². The Morgan fingerprint density at radius 3 is 2.80 bits per heavy atom. The highest BCUT2D eigenvalue weighted by Gasteiger charge is 2.51. The highest BCUT2D eigenvalue weighted by molar-refractivity contribution is 5.49. The number of fused-ring (bicyclic) bond motifs is 3. The van der Waals surface area contributed by atoms with Crippen molar-refractivity contribution >= 4 is 6.29 Å². The molecule has 1 aromatic carbocycles. The largest absolute Gasteiger partial charge is 0.316 e. The molecular weight excluding hydrogens is 306 g/mol. The number of benzene rings is 1. The molecule has 0 saturated heterocycles. The fourth-order valence-electron chi connectivity index (χ4n) is 5.75. The number of aldehydes is 1. The summed E-state index contributed by atoms with van der Waals surface area (Å²) in [4.78, 5) is 10.6. The molecule has 2 aliphatic rings. The lowest BCUT2D eigenvalue weighted by Gasteiger charge is -2.55. The predicted octanol–water partition coefficient (Wildman–Crippen LogP) is 5.00. The first-order valence-corrected chi connectivity index (χ1v) is 10.2. The van der Waals surface area contributed by atoms with Crippen LogP contribution in [0, 0.1) is 11.3 Å². The Bertz CT molecular complexity index is 623. The van der Waals surface area contributed by atoms with Crippen LogP contribution in [0.3, 0.4) is 0 Å². The third-order valence-corrected chi connectivity index (χ3v) is 7.14. The maximum absolute atomic E-state index is 10.6. The molecule has 1 aromatic rings. The summed E-state index contributed by atoms with van der Waals surface area (Å²) in [7, 11) is 0. The zero-order chi connectivity index (χ0) is 18.1. The Hall–Kier alpha value is -1.15. The standard InChI is InChI=1S/C23H35NO/c1-17(2)18-7-9-20-19(15-18)8-10-21-22(3,16-24-13-6-14-25)11-5-12-23(20,21)4/h7,9,14-15,17,21,24H,5-6,8,10-13,16H2,1-4H3/t21-,22-,23+/m0/s1. The van der Waals surface area contributed by atoms with Crippen LogP contribution in [-0.4, -0.2) is 19.4 Å². The van der Waals surface area contributed by atoms with E-state index in [9.17, 15) is 4.79 Å². The van der Waals surface area contributed by atoms with E-state index in [0.29, 0.717) is 23.2 Å². The molecule has 3 rings (SSSR count). The van der Waals surface area contributed by atoms with Crippen molar-refractivity contribution in [1.82, 2.24) is 5.32 Å². The van der Waals surface area contributed by atoms with Crippen LogP contribution in [0.2, 0.25) is 0 Å². The number of hydrogen-bond acceptors (Lipinski definition) is 2. The number of aryl methyl sites for hydroxylation is 1. The number of nitrogens with one attached hydrogen (secondary N) is 1. The molecule has 2 nitrogen and oxygen atoms in total. The minimum atomic E-state index is 0.308. The van der Waals surface area contributed by atoms with Crippen molar-refractivity contribution in [3.05, 3.63) is 34.9 Å². The maximum atomic E-state index is 10.6. The second-order valence-electron chi connectivity index (χ2n) is 9.22. The molecule has 0 bridgehead atoms. The molecule has 2 heteroatoms. The van der Waals surface area contributed by atoms with Crippen molar-refractivity contribution in [3.63, 3.8) is 0 Å². The summed E-state index contributed by atoms with van der Waals surface area (Å²) in [5.41, 5.74) is 5.34. The van der Waals surface area contributed by atoms with E-state index < -0.39 is 0 Å². The highest BCUT2D eigenvalue weighted by atomic mass is 16.1. The molecule has 3 atom stereocenters. The average Bonchev–Trinajstić information content (AvgIpc) is 2.58. The Kier molecular flexibility index (Phi) is 5.39. The smallest absolute Gasteiger partial charge is 0.121 e. The van der Waals surface area contributed by atoms with E-state index in [4.69, 9.17) is 0 Å². The third kappa shape index (κ3) is 3.43. The highest BCUT2D eigenvalue weighted by Crippen LogP contribution is 2.57. The van der Waals surface area contributed by atoms with Gasteiger partial charge in [-0.1, -0.05) is 52.3 Å². The van der Waals surface area contributed by atoms with Gasteiger partial charge in [0.05, 0.1) is 0 Å². The molecule has 25 heavy (non-hydrogen) atoms. The lowest BCUT2D eigenvalue weighted by Crippen LogP contribution is -2.52. The second kappa shape index (κ2) is 7.23. The topological polar surface area (TPSA) is 29.1 Å². The van der Waals surface area contributed by atoms with E-state index in [1.54, 1.807) is 11.1 Å². The van der Waals surface area contributed by atoms with Gasteiger partial charge in [-0.3, -0.25) is 0 Å². The van der Waals surface area contributed by atoms with E-state index in [2.05, 4.69) is 51.2 Å². The van der Waals surface area contributed by atoms with E-state index >= 15 is 0 Å². The van der Waals surface area contributed by atoms with Gasteiger partial charge in [0, 0.05) is 19.5 Å². The van der Waals surface area contributed by atoms with Crippen LogP contribution in [0.4, 0.5) is 0 Å². The van der Waals surface area contributed by atoms with Crippen molar-refractivity contribution in [2.75, 3.05) is 13.1 Å². The van der Waals surface area contributed by atoms with Gasteiger partial charge in [0.2, 0.25) is 0 Å². The molecule has 138 valence electrons. The molecule has 2 aliphatic carbocycles. The van der Waals surface area contributed by atoms with E-state index in [0.717, 1.165) is 25.3 Å². The van der Waals surface area contributed by atoms with Crippen molar-refractivity contribution in [3.8, 4) is 0 Å².